The van der Waals surface area contributed by atoms with Crippen LogP contribution in [0.25, 0.3) is 0 Å². The van der Waals surface area contributed by atoms with Crippen molar-refractivity contribution < 1.29 is 0 Å². The average Bonchev–Trinajstić information content (AvgIpc) is 2.03. The van der Waals surface area contributed by atoms with E-state index in [1.807, 2.05) is 14.0 Å². The Hall–Kier alpha value is -0.820. The number of hydrogen-bond acceptors (Lipinski definition) is 1. The molecule has 1 N–H and O–H groups in total. The van der Waals surface area contributed by atoms with Gasteiger partial charge in [0.1, 0.15) is 0 Å². The molecule has 0 spiro atoms. The van der Waals surface area contributed by atoms with E-state index in [0.29, 0.717) is 0 Å². The van der Waals surface area contributed by atoms with Crippen molar-refractivity contribution in [2.75, 3.05) is 13.6 Å². The van der Waals surface area contributed by atoms with Crippen molar-refractivity contribution in [1.29, 1.82) is 0 Å². The van der Waals surface area contributed by atoms with Crippen LogP contribution in [-0.2, 0) is 0 Å². The Labute approximate surface area is 82.2 Å². The summed E-state index contributed by atoms with van der Waals surface area (Å²) >= 11 is 0. The third-order valence-corrected chi connectivity index (χ3v) is 2.15. The molecule has 0 aromatic heterocycles. The van der Waals surface area contributed by atoms with Crippen LogP contribution in [0.2, 0.25) is 0 Å². The van der Waals surface area contributed by atoms with Crippen molar-refractivity contribution in [3.8, 4) is 0 Å². The van der Waals surface area contributed by atoms with E-state index < -0.39 is 0 Å². The zero-order valence-electron chi connectivity index (χ0n) is 9.49. The van der Waals surface area contributed by atoms with Crippen LogP contribution >= 0.6 is 0 Å². The van der Waals surface area contributed by atoms with Gasteiger partial charge in [-0.3, -0.25) is 0 Å². The number of allylic oxidation sites excluding steroid dienone is 4. The Bertz CT molecular complexity index is 244. The van der Waals surface area contributed by atoms with Gasteiger partial charge < -0.3 is 5.32 Å². The van der Waals surface area contributed by atoms with Crippen molar-refractivity contribution in [1.82, 2.24) is 5.32 Å². The Morgan fingerprint density at radius 2 is 1.77 bits per heavy atom. The van der Waals surface area contributed by atoms with Crippen LogP contribution in [0.5, 0.6) is 0 Å². The van der Waals surface area contributed by atoms with Gasteiger partial charge in [0.25, 0.3) is 0 Å². The van der Waals surface area contributed by atoms with Crippen LogP contribution in [0, 0.1) is 0 Å². The number of rotatable bonds is 4. The van der Waals surface area contributed by atoms with E-state index in [0.717, 1.165) is 12.1 Å². The van der Waals surface area contributed by atoms with E-state index in [1.54, 1.807) is 0 Å². The van der Waals surface area contributed by atoms with Crippen LogP contribution in [0.15, 0.2) is 34.9 Å². The maximum Gasteiger partial charge on any atom is 0.0162 e. The average molecular weight is 179 g/mol. The lowest BCUT2D eigenvalue weighted by Gasteiger charge is -2.05. The fourth-order valence-electron chi connectivity index (χ4n) is 1.14. The highest BCUT2D eigenvalue weighted by molar-refractivity contribution is 5.36. The second-order valence-corrected chi connectivity index (χ2v) is 3.61. The van der Waals surface area contributed by atoms with E-state index >= 15 is 0 Å². The molecule has 0 unspecified atom stereocenters. The van der Waals surface area contributed by atoms with Crippen molar-refractivity contribution in [2.45, 2.75) is 27.7 Å². The quantitative estimate of drug-likeness (QED) is 0.654. The lowest BCUT2D eigenvalue weighted by atomic mass is 10.0. The molecule has 0 aromatic rings. The van der Waals surface area contributed by atoms with E-state index in [-0.39, 0.29) is 0 Å². The summed E-state index contributed by atoms with van der Waals surface area (Å²) < 4.78 is 0. The summed E-state index contributed by atoms with van der Waals surface area (Å²) in [7, 11) is 1.96. The minimum atomic E-state index is 0.945. The predicted octanol–water partition coefficient (Wildman–Crippen LogP) is 3.06. The summed E-state index contributed by atoms with van der Waals surface area (Å²) in [6.45, 7) is 13.3. The molecule has 0 aliphatic carbocycles. The first kappa shape index (κ1) is 12.2. The molecule has 0 radical (unpaired) electrons. The van der Waals surface area contributed by atoms with E-state index in [2.05, 4.69) is 38.7 Å². The Balaban J connectivity index is 4.60. The minimum absolute atomic E-state index is 0.945. The van der Waals surface area contributed by atoms with Gasteiger partial charge in [-0.05, 0) is 45.9 Å². The lowest BCUT2D eigenvalue weighted by Crippen LogP contribution is -2.08. The Morgan fingerprint density at radius 3 is 2.15 bits per heavy atom. The minimum Gasteiger partial charge on any atom is -0.316 e. The first-order valence-corrected chi connectivity index (χ1v) is 4.64. The summed E-state index contributed by atoms with van der Waals surface area (Å²) in [6.07, 6.45) is 2.21. The second kappa shape index (κ2) is 5.76. The van der Waals surface area contributed by atoms with Crippen molar-refractivity contribution in [2.24, 2.45) is 0 Å². The van der Waals surface area contributed by atoms with Crippen LogP contribution in [-0.4, -0.2) is 13.6 Å². The van der Waals surface area contributed by atoms with Crippen molar-refractivity contribution in [3.05, 3.63) is 34.9 Å². The summed E-state index contributed by atoms with van der Waals surface area (Å²) in [5.41, 5.74) is 5.09. The molecule has 1 nitrogen and oxygen atoms in total. The van der Waals surface area contributed by atoms with Crippen LogP contribution in [0.4, 0.5) is 0 Å². The van der Waals surface area contributed by atoms with Crippen molar-refractivity contribution >= 4 is 0 Å². The molecule has 0 saturated heterocycles. The number of hydrogen-bond donors (Lipinski definition) is 1. The standard InChI is InChI=1S/C12H21N/c1-9(2)12(5)11(4)7-10(3)8-13-6/h7,13H,1,8H2,2-6H3/b10-7+,12-11+. The lowest BCUT2D eigenvalue weighted by molar-refractivity contribution is 0.878. The molecule has 1 heteroatoms. The molecule has 13 heavy (non-hydrogen) atoms. The normalized spacial score (nSPS) is 14.1. The highest BCUT2D eigenvalue weighted by Crippen LogP contribution is 2.13. The largest absolute Gasteiger partial charge is 0.316 e. The van der Waals surface area contributed by atoms with Gasteiger partial charge in [0.05, 0.1) is 0 Å². The highest BCUT2D eigenvalue weighted by Gasteiger charge is 1.95. The molecule has 0 aliphatic heterocycles. The van der Waals surface area contributed by atoms with E-state index in [4.69, 9.17) is 0 Å². The van der Waals surface area contributed by atoms with Gasteiger partial charge in [0.2, 0.25) is 0 Å². The summed E-state index contributed by atoms with van der Waals surface area (Å²) in [6, 6.07) is 0. The second-order valence-electron chi connectivity index (χ2n) is 3.61. The van der Waals surface area contributed by atoms with Crippen LogP contribution < -0.4 is 5.32 Å². The molecule has 74 valence electrons. The molecule has 0 aliphatic rings. The zero-order chi connectivity index (χ0) is 10.4. The van der Waals surface area contributed by atoms with Gasteiger partial charge in [0, 0.05) is 6.54 Å². The third-order valence-electron chi connectivity index (χ3n) is 2.15. The zero-order valence-corrected chi connectivity index (χ0v) is 9.49. The first-order chi connectivity index (χ1) is 5.99. The molecular formula is C12H21N. The molecular weight excluding hydrogens is 158 g/mol. The molecule has 0 rings (SSSR count). The van der Waals surface area contributed by atoms with Gasteiger partial charge in [-0.2, -0.15) is 0 Å². The molecule has 0 fully saturated rings. The monoisotopic (exact) mass is 179 g/mol. The summed E-state index contributed by atoms with van der Waals surface area (Å²) in [5.74, 6) is 0. The Morgan fingerprint density at radius 1 is 1.23 bits per heavy atom. The van der Waals surface area contributed by atoms with Gasteiger partial charge in [0.15, 0.2) is 0 Å². The molecule has 0 amide bonds. The van der Waals surface area contributed by atoms with Crippen molar-refractivity contribution in [3.63, 3.8) is 0 Å². The molecule has 0 aromatic carbocycles. The van der Waals surface area contributed by atoms with Gasteiger partial charge >= 0.3 is 0 Å². The molecule has 0 heterocycles. The summed E-state index contributed by atoms with van der Waals surface area (Å²) in [4.78, 5) is 0. The van der Waals surface area contributed by atoms with E-state index in [9.17, 15) is 0 Å². The van der Waals surface area contributed by atoms with Gasteiger partial charge in [-0.15, -0.1) is 0 Å². The van der Waals surface area contributed by atoms with Crippen LogP contribution in [0.1, 0.15) is 27.7 Å². The fraction of sp³-hybridized carbons (Fsp3) is 0.500. The third kappa shape index (κ3) is 4.69. The SMILES string of the molecule is C=C(C)/C(C)=C(C)/C=C(\C)CNC. The first-order valence-electron chi connectivity index (χ1n) is 4.64. The predicted molar refractivity (Wildman–Crippen MR) is 60.9 cm³/mol. The Kier molecular flexibility index (Phi) is 5.40. The van der Waals surface area contributed by atoms with Gasteiger partial charge in [-0.25, -0.2) is 0 Å². The number of nitrogens with one attached hydrogen (secondary N) is 1. The summed E-state index contributed by atoms with van der Waals surface area (Å²) in [5, 5.41) is 3.13. The molecule has 0 bridgehead atoms. The maximum atomic E-state index is 3.93. The molecule has 0 atom stereocenters. The molecule has 0 saturated carbocycles. The van der Waals surface area contributed by atoms with Crippen LogP contribution in [0.3, 0.4) is 0 Å². The smallest absolute Gasteiger partial charge is 0.0162 e. The number of likely N-dealkylation sites (N-methyl/N-ethyl adjacent to an activating group) is 1. The highest BCUT2D eigenvalue weighted by atomic mass is 14.8. The topological polar surface area (TPSA) is 12.0 Å². The van der Waals surface area contributed by atoms with E-state index in [1.165, 1.54) is 16.7 Å². The fourth-order valence-corrected chi connectivity index (χ4v) is 1.14. The maximum absolute atomic E-state index is 3.93. The van der Waals surface area contributed by atoms with Gasteiger partial charge in [-0.1, -0.05) is 23.8 Å².